The maximum Gasteiger partial charge on any atom is 0.310 e. The fraction of sp³-hybridized carbons (Fsp3) is 0.345. The molecule has 3 heterocycles. The topological polar surface area (TPSA) is 162 Å². The van der Waals surface area contributed by atoms with E-state index in [9.17, 15) is 14.4 Å². The van der Waals surface area contributed by atoms with E-state index in [2.05, 4.69) is 20.4 Å². The van der Waals surface area contributed by atoms with Crippen LogP contribution in [0.5, 0.6) is 11.5 Å². The lowest BCUT2D eigenvalue weighted by Crippen LogP contribution is -2.24. The van der Waals surface area contributed by atoms with Crippen molar-refractivity contribution in [1.29, 1.82) is 0 Å². The van der Waals surface area contributed by atoms with Crippen molar-refractivity contribution in [1.82, 2.24) is 29.8 Å². The highest BCUT2D eigenvalue weighted by Crippen LogP contribution is 2.22. The number of hydrogen-bond donors (Lipinski definition) is 1. The van der Waals surface area contributed by atoms with Crippen LogP contribution in [0, 0.1) is 0 Å². The molecule has 362 valence electrons. The Balaban J connectivity index is 0.000000174. The molecule has 3 aromatic heterocycles. The van der Waals surface area contributed by atoms with Crippen molar-refractivity contribution in [2.24, 2.45) is 0 Å². The average molecular weight is 937 g/mol. The number of methoxy groups -OCH3 is 2. The van der Waals surface area contributed by atoms with Gasteiger partial charge in [0.1, 0.15) is 28.3 Å². The van der Waals surface area contributed by atoms with Gasteiger partial charge in [0.25, 0.3) is 0 Å². The van der Waals surface area contributed by atoms with Crippen LogP contribution in [0.3, 0.4) is 0 Å². The Labute approximate surface area is 403 Å². The lowest BCUT2D eigenvalue weighted by molar-refractivity contribution is -0.155. The van der Waals surface area contributed by atoms with Gasteiger partial charge in [0.15, 0.2) is 0 Å². The molecule has 1 N–H and O–H groups in total. The molecular formula is C55H64N6O8. The van der Waals surface area contributed by atoms with Crippen LogP contribution in [0.1, 0.15) is 90.1 Å². The Morgan fingerprint density at radius 3 is 1.48 bits per heavy atom. The van der Waals surface area contributed by atoms with Gasteiger partial charge in [-0.2, -0.15) is 15.3 Å². The molecule has 0 fully saturated rings. The third-order valence-corrected chi connectivity index (χ3v) is 10.1. The molecule has 0 bridgehead atoms. The molecule has 8 aromatic rings. The molecule has 0 aliphatic carbocycles. The highest BCUT2D eigenvalue weighted by molar-refractivity contribution is 5.83. The van der Waals surface area contributed by atoms with E-state index in [1.54, 1.807) is 20.4 Å². The summed E-state index contributed by atoms with van der Waals surface area (Å²) in [6, 6.07) is 33.5. The number of carbonyl (C=O) groups excluding carboxylic acids is 3. The Morgan fingerprint density at radius 1 is 0.522 bits per heavy atom. The molecule has 69 heavy (non-hydrogen) atoms. The van der Waals surface area contributed by atoms with Gasteiger partial charge in [0.2, 0.25) is 0 Å². The standard InChI is InChI=1S/2C21H24N2O3.C13H16N2O2/c1-21(2,3)26-20(24)12-16-7-10-19-17(11-16)13-22-23(19)14-15-5-8-18(25-4)9-6-15;1-21(2,3)26-20(24)12-16-7-10-19-17(11-16)14-23(22-19)13-15-5-8-18(25-4)9-6-15;1-13(2,3)17-12(16)7-9-4-5-11-10(6-9)8-14-15-11/h5-11,13H,12,14H2,1-4H3;5-11,14H,12-13H2,1-4H3;4-6,8H,7H2,1-3H3,(H,14,15). The summed E-state index contributed by atoms with van der Waals surface area (Å²) >= 11 is 0. The van der Waals surface area contributed by atoms with Gasteiger partial charge in [-0.25, -0.2) is 0 Å². The Hall–Kier alpha value is -7.48. The summed E-state index contributed by atoms with van der Waals surface area (Å²) < 4.78 is 30.3. The molecular weight excluding hydrogens is 873 g/mol. The van der Waals surface area contributed by atoms with Crippen molar-refractivity contribution in [2.75, 3.05) is 14.2 Å². The summed E-state index contributed by atoms with van der Waals surface area (Å²) in [5, 5.41) is 18.9. The summed E-state index contributed by atoms with van der Waals surface area (Å²) in [6.45, 7) is 18.2. The molecule has 0 saturated carbocycles. The zero-order valence-corrected chi connectivity index (χ0v) is 41.6. The van der Waals surface area contributed by atoms with Gasteiger partial charge in [-0.05, 0) is 151 Å². The van der Waals surface area contributed by atoms with Crippen LogP contribution in [0.2, 0.25) is 0 Å². The maximum atomic E-state index is 12.0. The summed E-state index contributed by atoms with van der Waals surface area (Å²) in [7, 11) is 3.31. The van der Waals surface area contributed by atoms with Crippen LogP contribution in [0.25, 0.3) is 32.7 Å². The Kier molecular flexibility index (Phi) is 16.3. The minimum Gasteiger partial charge on any atom is -0.497 e. The molecule has 14 nitrogen and oxygen atoms in total. The minimum absolute atomic E-state index is 0.208. The summed E-state index contributed by atoms with van der Waals surface area (Å²) in [4.78, 5) is 35.7. The fourth-order valence-corrected chi connectivity index (χ4v) is 7.25. The van der Waals surface area contributed by atoms with Crippen LogP contribution in [-0.2, 0) is 60.9 Å². The van der Waals surface area contributed by atoms with Crippen LogP contribution < -0.4 is 9.47 Å². The third kappa shape index (κ3) is 16.1. The summed E-state index contributed by atoms with van der Waals surface area (Å²) in [6.07, 6.45) is 6.38. The molecule has 0 amide bonds. The van der Waals surface area contributed by atoms with Crippen molar-refractivity contribution in [3.05, 3.63) is 150 Å². The zero-order valence-electron chi connectivity index (χ0n) is 41.6. The van der Waals surface area contributed by atoms with E-state index < -0.39 is 16.8 Å². The maximum absolute atomic E-state index is 12.0. The number of ether oxygens (including phenoxy) is 5. The van der Waals surface area contributed by atoms with Crippen molar-refractivity contribution in [3.63, 3.8) is 0 Å². The number of carbonyl (C=O) groups is 3. The Bertz CT molecular complexity index is 2950. The molecule has 8 rings (SSSR count). The lowest BCUT2D eigenvalue weighted by atomic mass is 10.1. The number of esters is 3. The van der Waals surface area contributed by atoms with E-state index >= 15 is 0 Å². The largest absolute Gasteiger partial charge is 0.497 e. The van der Waals surface area contributed by atoms with Gasteiger partial charge in [0.05, 0.1) is 75.5 Å². The van der Waals surface area contributed by atoms with Crippen LogP contribution in [0.4, 0.5) is 0 Å². The number of nitrogens with zero attached hydrogens (tertiary/aromatic N) is 5. The van der Waals surface area contributed by atoms with Gasteiger partial charge >= 0.3 is 17.9 Å². The predicted molar refractivity (Wildman–Crippen MR) is 268 cm³/mol. The average Bonchev–Trinajstić information content (AvgIpc) is 4.00. The monoisotopic (exact) mass is 936 g/mol. The number of H-pyrrole nitrogens is 1. The molecule has 0 radical (unpaired) electrons. The number of hydrogen-bond acceptors (Lipinski definition) is 11. The van der Waals surface area contributed by atoms with Crippen LogP contribution >= 0.6 is 0 Å². The second-order valence-electron chi connectivity index (χ2n) is 19.7. The SMILES string of the molecule is CC(C)(C)OC(=O)Cc1ccc2[nH]ncc2c1.COc1ccc(Cn2cc3cc(CC(=O)OC(C)(C)C)ccc3n2)cc1.COc1ccc(Cn2ncc3cc(CC(=O)OC(C)(C)C)ccc32)cc1. The quantitative estimate of drug-likeness (QED) is 0.0917. The molecule has 14 heteroatoms. The fourth-order valence-electron chi connectivity index (χ4n) is 7.25. The van der Waals surface area contributed by atoms with E-state index in [-0.39, 0.29) is 30.7 Å². The van der Waals surface area contributed by atoms with Gasteiger partial charge in [-0.1, -0.05) is 42.5 Å². The number of aromatic amines is 1. The summed E-state index contributed by atoms with van der Waals surface area (Å²) in [5.74, 6) is 1.03. The molecule has 5 aromatic carbocycles. The van der Waals surface area contributed by atoms with Crippen LogP contribution in [0.15, 0.2) is 122 Å². The zero-order chi connectivity index (χ0) is 49.9. The first-order valence-electron chi connectivity index (χ1n) is 22.8. The highest BCUT2D eigenvalue weighted by atomic mass is 16.6. The third-order valence-electron chi connectivity index (χ3n) is 10.1. The van der Waals surface area contributed by atoms with Crippen LogP contribution in [-0.4, -0.2) is 78.7 Å². The molecule has 0 unspecified atom stereocenters. The first kappa shape index (κ1) is 50.9. The normalized spacial score (nSPS) is 11.6. The van der Waals surface area contributed by atoms with Gasteiger partial charge < -0.3 is 23.7 Å². The predicted octanol–water partition coefficient (Wildman–Crippen LogP) is 10.4. The number of benzene rings is 5. The van der Waals surface area contributed by atoms with Gasteiger partial charge in [0, 0.05) is 22.4 Å². The molecule has 0 atom stereocenters. The van der Waals surface area contributed by atoms with Gasteiger partial charge in [-0.3, -0.25) is 28.8 Å². The highest BCUT2D eigenvalue weighted by Gasteiger charge is 2.19. The first-order chi connectivity index (χ1) is 32.6. The number of rotatable bonds is 12. The van der Waals surface area contributed by atoms with Crippen molar-refractivity contribution < 1.29 is 38.1 Å². The van der Waals surface area contributed by atoms with Crippen molar-refractivity contribution in [2.45, 2.75) is 111 Å². The molecule has 0 aliphatic rings. The molecule has 0 spiro atoms. The lowest BCUT2D eigenvalue weighted by Gasteiger charge is -2.19. The van der Waals surface area contributed by atoms with E-state index in [4.69, 9.17) is 23.7 Å². The van der Waals surface area contributed by atoms with E-state index in [0.717, 1.165) is 72.0 Å². The van der Waals surface area contributed by atoms with Crippen molar-refractivity contribution >= 4 is 50.6 Å². The molecule has 0 aliphatic heterocycles. The second-order valence-corrected chi connectivity index (χ2v) is 19.7. The van der Waals surface area contributed by atoms with E-state index in [1.807, 2.05) is 187 Å². The van der Waals surface area contributed by atoms with E-state index in [0.29, 0.717) is 19.5 Å². The summed E-state index contributed by atoms with van der Waals surface area (Å²) in [5.41, 5.74) is 6.63. The number of aromatic nitrogens is 6. The Morgan fingerprint density at radius 2 is 0.971 bits per heavy atom. The van der Waals surface area contributed by atoms with Gasteiger partial charge in [-0.15, -0.1) is 0 Å². The van der Waals surface area contributed by atoms with Crippen molar-refractivity contribution in [3.8, 4) is 11.5 Å². The first-order valence-corrected chi connectivity index (χ1v) is 22.8. The number of nitrogens with one attached hydrogen (secondary N) is 1. The smallest absolute Gasteiger partial charge is 0.310 e. The van der Waals surface area contributed by atoms with E-state index in [1.165, 1.54) is 0 Å². The minimum atomic E-state index is -0.468. The molecule has 0 saturated heterocycles. The number of fused-ring (bicyclic) bond motifs is 3. The second kappa shape index (κ2) is 22.1.